The Kier molecular flexibility index (Phi) is 3.62. The standard InChI is InChI=1S/C13H18N4O2S/c1-9(19)14-10-2-4-16(5-3-10)12-11(8-18)17-6-7-20-13(17)15-12/h6-7,10,18H,2-5,8H2,1H3,(H,14,19). The van der Waals surface area contributed by atoms with Crippen molar-refractivity contribution in [2.75, 3.05) is 18.0 Å². The minimum absolute atomic E-state index is 0.0150. The molecule has 0 unspecified atom stereocenters. The molecule has 20 heavy (non-hydrogen) atoms. The first-order valence-corrected chi connectivity index (χ1v) is 7.64. The highest BCUT2D eigenvalue weighted by atomic mass is 32.1. The maximum Gasteiger partial charge on any atom is 0.217 e. The fourth-order valence-electron chi connectivity index (χ4n) is 2.74. The largest absolute Gasteiger partial charge is 0.390 e. The summed E-state index contributed by atoms with van der Waals surface area (Å²) in [5.41, 5.74) is 0.847. The predicted molar refractivity (Wildman–Crippen MR) is 78.0 cm³/mol. The Bertz CT molecular complexity index is 613. The smallest absolute Gasteiger partial charge is 0.217 e. The Morgan fingerprint density at radius 2 is 2.30 bits per heavy atom. The molecule has 108 valence electrons. The lowest BCUT2D eigenvalue weighted by molar-refractivity contribution is -0.119. The second-order valence-electron chi connectivity index (χ2n) is 5.06. The summed E-state index contributed by atoms with van der Waals surface area (Å²) in [6.07, 6.45) is 3.76. The quantitative estimate of drug-likeness (QED) is 0.886. The van der Waals surface area contributed by atoms with Crippen LogP contribution in [-0.4, -0.2) is 39.5 Å². The molecular formula is C13H18N4O2S. The normalized spacial score (nSPS) is 16.8. The number of nitrogens with zero attached hydrogens (tertiary/aromatic N) is 3. The van der Waals surface area contributed by atoms with Gasteiger partial charge in [0.25, 0.3) is 0 Å². The second-order valence-corrected chi connectivity index (χ2v) is 5.93. The molecular weight excluding hydrogens is 276 g/mol. The number of imidazole rings is 1. The van der Waals surface area contributed by atoms with Gasteiger partial charge in [-0.2, -0.15) is 0 Å². The molecule has 0 saturated carbocycles. The Morgan fingerprint density at radius 3 is 2.95 bits per heavy atom. The zero-order valence-electron chi connectivity index (χ0n) is 11.4. The summed E-state index contributed by atoms with van der Waals surface area (Å²) in [5, 5.41) is 14.5. The van der Waals surface area contributed by atoms with E-state index >= 15 is 0 Å². The van der Waals surface area contributed by atoms with Crippen LogP contribution < -0.4 is 10.2 Å². The monoisotopic (exact) mass is 294 g/mol. The van der Waals surface area contributed by atoms with Crippen LogP contribution in [0.2, 0.25) is 0 Å². The van der Waals surface area contributed by atoms with Gasteiger partial charge in [-0.1, -0.05) is 0 Å². The van der Waals surface area contributed by atoms with E-state index in [9.17, 15) is 9.90 Å². The third-order valence-corrected chi connectivity index (χ3v) is 4.45. The number of aliphatic hydroxyl groups is 1. The highest BCUT2D eigenvalue weighted by Gasteiger charge is 2.24. The number of hydrogen-bond acceptors (Lipinski definition) is 5. The van der Waals surface area contributed by atoms with E-state index in [1.54, 1.807) is 18.3 Å². The van der Waals surface area contributed by atoms with Crippen molar-refractivity contribution in [3.8, 4) is 0 Å². The topological polar surface area (TPSA) is 69.9 Å². The molecule has 2 aromatic heterocycles. The van der Waals surface area contributed by atoms with E-state index in [1.807, 2.05) is 16.0 Å². The van der Waals surface area contributed by atoms with Crippen LogP contribution in [0.1, 0.15) is 25.5 Å². The number of nitrogens with one attached hydrogen (secondary N) is 1. The van der Waals surface area contributed by atoms with Gasteiger partial charge in [0.2, 0.25) is 5.91 Å². The van der Waals surface area contributed by atoms with Crippen LogP contribution in [0, 0.1) is 0 Å². The van der Waals surface area contributed by atoms with Crippen molar-refractivity contribution in [2.45, 2.75) is 32.4 Å². The highest BCUT2D eigenvalue weighted by Crippen LogP contribution is 2.27. The summed E-state index contributed by atoms with van der Waals surface area (Å²) in [6, 6.07) is 0.255. The molecule has 1 aliphatic heterocycles. The molecule has 7 heteroatoms. The van der Waals surface area contributed by atoms with Gasteiger partial charge in [0.1, 0.15) is 0 Å². The maximum atomic E-state index is 11.1. The first-order chi connectivity index (χ1) is 9.69. The van der Waals surface area contributed by atoms with Crippen molar-refractivity contribution in [1.29, 1.82) is 0 Å². The van der Waals surface area contributed by atoms with Gasteiger partial charge >= 0.3 is 0 Å². The molecule has 0 aromatic carbocycles. The van der Waals surface area contributed by atoms with Crippen molar-refractivity contribution in [3.05, 3.63) is 17.3 Å². The zero-order valence-corrected chi connectivity index (χ0v) is 12.2. The Labute approximate surface area is 121 Å². The third kappa shape index (κ3) is 2.38. The van der Waals surface area contributed by atoms with Crippen LogP contribution in [0.15, 0.2) is 11.6 Å². The Hall–Kier alpha value is -1.60. The average Bonchev–Trinajstić information content (AvgIpc) is 2.98. The summed E-state index contributed by atoms with van der Waals surface area (Å²) in [7, 11) is 0. The number of fused-ring (bicyclic) bond motifs is 1. The molecule has 1 saturated heterocycles. The number of amides is 1. The van der Waals surface area contributed by atoms with Crippen molar-refractivity contribution >= 4 is 28.0 Å². The molecule has 2 aromatic rings. The van der Waals surface area contributed by atoms with E-state index in [0.717, 1.165) is 42.4 Å². The lowest BCUT2D eigenvalue weighted by Crippen LogP contribution is -2.44. The third-order valence-electron chi connectivity index (χ3n) is 3.69. The van der Waals surface area contributed by atoms with E-state index < -0.39 is 0 Å². The van der Waals surface area contributed by atoms with Crippen molar-refractivity contribution in [1.82, 2.24) is 14.7 Å². The van der Waals surface area contributed by atoms with Crippen LogP contribution in [0.25, 0.3) is 4.96 Å². The molecule has 0 spiro atoms. The number of anilines is 1. The maximum absolute atomic E-state index is 11.1. The van der Waals surface area contributed by atoms with Gasteiger partial charge in [-0.3, -0.25) is 9.20 Å². The van der Waals surface area contributed by atoms with Gasteiger partial charge in [0.05, 0.1) is 12.3 Å². The number of rotatable bonds is 3. The van der Waals surface area contributed by atoms with Crippen molar-refractivity contribution in [2.24, 2.45) is 0 Å². The highest BCUT2D eigenvalue weighted by molar-refractivity contribution is 7.15. The summed E-state index contributed by atoms with van der Waals surface area (Å²) >= 11 is 1.57. The van der Waals surface area contributed by atoms with Crippen molar-refractivity contribution in [3.63, 3.8) is 0 Å². The molecule has 1 fully saturated rings. The zero-order chi connectivity index (χ0) is 14.1. The van der Waals surface area contributed by atoms with E-state index in [4.69, 9.17) is 0 Å². The van der Waals surface area contributed by atoms with Gasteiger partial charge in [0.15, 0.2) is 10.8 Å². The van der Waals surface area contributed by atoms with Crippen LogP contribution >= 0.6 is 11.3 Å². The number of aromatic nitrogens is 2. The molecule has 0 aliphatic carbocycles. The molecule has 0 radical (unpaired) electrons. The van der Waals surface area contributed by atoms with Crippen LogP contribution in [0.4, 0.5) is 5.82 Å². The number of carbonyl (C=O) groups is 1. The SMILES string of the molecule is CC(=O)NC1CCN(c2nc3sccn3c2CO)CC1. The van der Waals surface area contributed by atoms with Crippen LogP contribution in [0.5, 0.6) is 0 Å². The van der Waals surface area contributed by atoms with Crippen LogP contribution in [0.3, 0.4) is 0 Å². The van der Waals surface area contributed by atoms with Crippen LogP contribution in [-0.2, 0) is 11.4 Å². The van der Waals surface area contributed by atoms with E-state index in [0.29, 0.717) is 0 Å². The molecule has 0 atom stereocenters. The number of piperidine rings is 1. The summed E-state index contributed by atoms with van der Waals surface area (Å²) in [6.45, 7) is 3.24. The molecule has 1 aliphatic rings. The summed E-state index contributed by atoms with van der Waals surface area (Å²) in [4.78, 5) is 18.8. The second kappa shape index (κ2) is 5.41. The Morgan fingerprint density at radius 1 is 1.55 bits per heavy atom. The molecule has 3 rings (SSSR count). The lowest BCUT2D eigenvalue weighted by atomic mass is 10.0. The summed E-state index contributed by atoms with van der Waals surface area (Å²) in [5.74, 6) is 0.905. The number of hydrogen-bond donors (Lipinski definition) is 2. The van der Waals surface area contributed by atoms with E-state index in [-0.39, 0.29) is 18.6 Å². The van der Waals surface area contributed by atoms with Gasteiger partial charge < -0.3 is 15.3 Å². The predicted octanol–water partition coefficient (Wildman–Crippen LogP) is 0.993. The fourth-order valence-corrected chi connectivity index (χ4v) is 3.47. The Balaban J connectivity index is 1.76. The minimum atomic E-state index is -0.0150. The molecule has 0 bridgehead atoms. The molecule has 3 heterocycles. The fraction of sp³-hybridized carbons (Fsp3) is 0.538. The van der Waals surface area contributed by atoms with Gasteiger partial charge in [-0.15, -0.1) is 11.3 Å². The first kappa shape index (κ1) is 13.4. The molecule has 1 amide bonds. The number of aliphatic hydroxyl groups excluding tert-OH is 1. The molecule has 2 N–H and O–H groups in total. The van der Waals surface area contributed by atoms with E-state index in [1.165, 1.54) is 0 Å². The number of thiazole rings is 1. The summed E-state index contributed by atoms with van der Waals surface area (Å²) < 4.78 is 1.94. The molecule has 6 nitrogen and oxygen atoms in total. The van der Waals surface area contributed by atoms with E-state index in [2.05, 4.69) is 15.2 Å². The lowest BCUT2D eigenvalue weighted by Gasteiger charge is -2.32. The minimum Gasteiger partial charge on any atom is -0.390 e. The van der Waals surface area contributed by atoms with Crippen molar-refractivity contribution < 1.29 is 9.90 Å². The first-order valence-electron chi connectivity index (χ1n) is 6.76. The van der Waals surface area contributed by atoms with Gasteiger partial charge in [-0.25, -0.2) is 4.98 Å². The van der Waals surface area contributed by atoms with Gasteiger partial charge in [-0.05, 0) is 12.8 Å². The average molecular weight is 294 g/mol. The van der Waals surface area contributed by atoms with Gasteiger partial charge in [0, 0.05) is 37.6 Å². The number of carbonyl (C=O) groups excluding carboxylic acids is 1.